The van der Waals surface area contributed by atoms with E-state index in [9.17, 15) is 13.2 Å². The Bertz CT molecular complexity index is 859. The topological polar surface area (TPSA) is 66.5 Å². The maximum atomic E-state index is 12.7. The minimum atomic E-state index is -3.61. The molecule has 5 nitrogen and oxygen atoms in total. The first-order valence-corrected chi connectivity index (χ1v) is 10.4. The average Bonchev–Trinajstić information content (AvgIpc) is 2.56. The maximum absolute atomic E-state index is 12.7. The molecule has 1 N–H and O–H groups in total. The van der Waals surface area contributed by atoms with E-state index < -0.39 is 16.1 Å². The fraction of sp³-hybridized carbons (Fsp3) is 0.350. The zero-order valence-corrected chi connectivity index (χ0v) is 16.7. The second-order valence-electron chi connectivity index (χ2n) is 6.71. The molecule has 0 spiro atoms. The minimum absolute atomic E-state index is 0.218. The van der Waals surface area contributed by atoms with Crippen LogP contribution in [0.25, 0.3) is 0 Å². The SMILES string of the molecule is Cc1ccc([C@H](C)NC(=O)[C@@H](C)N(c2ccc(C)cc2)S(C)(=O)=O)cc1. The molecule has 26 heavy (non-hydrogen) atoms. The summed E-state index contributed by atoms with van der Waals surface area (Å²) in [5, 5.41) is 2.90. The van der Waals surface area contributed by atoms with Gasteiger partial charge in [0.1, 0.15) is 6.04 Å². The monoisotopic (exact) mass is 374 g/mol. The van der Waals surface area contributed by atoms with Crippen LogP contribution in [0.5, 0.6) is 0 Å². The summed E-state index contributed by atoms with van der Waals surface area (Å²) >= 11 is 0. The molecule has 140 valence electrons. The fourth-order valence-corrected chi connectivity index (χ4v) is 3.95. The van der Waals surface area contributed by atoms with E-state index in [1.54, 1.807) is 19.1 Å². The summed E-state index contributed by atoms with van der Waals surface area (Å²) in [6.45, 7) is 7.40. The predicted octanol–water partition coefficient (Wildman–Crippen LogP) is 3.34. The van der Waals surface area contributed by atoms with Gasteiger partial charge in [0, 0.05) is 0 Å². The van der Waals surface area contributed by atoms with Crippen LogP contribution in [0.3, 0.4) is 0 Å². The molecule has 2 aromatic rings. The molecule has 0 aliphatic heterocycles. The molecule has 0 unspecified atom stereocenters. The number of hydrogen-bond donors (Lipinski definition) is 1. The lowest BCUT2D eigenvalue weighted by molar-refractivity contribution is -0.122. The molecular formula is C20H26N2O3S. The van der Waals surface area contributed by atoms with Gasteiger partial charge in [-0.3, -0.25) is 9.10 Å². The summed E-state index contributed by atoms with van der Waals surface area (Å²) in [6, 6.07) is 13.9. The number of carbonyl (C=O) groups excluding carboxylic acids is 1. The van der Waals surface area contributed by atoms with E-state index in [-0.39, 0.29) is 11.9 Å². The smallest absolute Gasteiger partial charge is 0.244 e. The van der Waals surface area contributed by atoms with Crippen molar-refractivity contribution in [2.45, 2.75) is 39.8 Å². The highest BCUT2D eigenvalue weighted by atomic mass is 32.2. The second-order valence-corrected chi connectivity index (χ2v) is 8.57. The van der Waals surface area contributed by atoms with Gasteiger partial charge in [-0.2, -0.15) is 0 Å². The summed E-state index contributed by atoms with van der Waals surface area (Å²) in [5.41, 5.74) is 3.61. The standard InChI is InChI=1S/C20H26N2O3S/c1-14-6-10-18(11-7-14)16(3)21-20(23)17(4)22(26(5,24)25)19-12-8-15(2)9-13-19/h6-13,16-17H,1-5H3,(H,21,23)/t16-,17+/m0/s1. The van der Waals surface area contributed by atoms with Gasteiger partial charge in [0.05, 0.1) is 18.0 Å². The van der Waals surface area contributed by atoms with Crippen molar-refractivity contribution in [3.63, 3.8) is 0 Å². The third kappa shape index (κ3) is 4.85. The Morgan fingerprint density at radius 3 is 1.85 bits per heavy atom. The van der Waals surface area contributed by atoms with Crippen molar-refractivity contribution in [2.24, 2.45) is 0 Å². The van der Waals surface area contributed by atoms with Crippen molar-refractivity contribution in [2.75, 3.05) is 10.6 Å². The van der Waals surface area contributed by atoms with Crippen LogP contribution in [0.1, 0.15) is 36.6 Å². The van der Waals surface area contributed by atoms with E-state index in [1.165, 1.54) is 0 Å². The Kier molecular flexibility index (Phi) is 6.08. The molecular weight excluding hydrogens is 348 g/mol. The second kappa shape index (κ2) is 7.91. The Morgan fingerprint density at radius 2 is 1.38 bits per heavy atom. The van der Waals surface area contributed by atoms with Gasteiger partial charge in [0.25, 0.3) is 0 Å². The van der Waals surface area contributed by atoms with Crippen LogP contribution in [0.2, 0.25) is 0 Å². The summed E-state index contributed by atoms with van der Waals surface area (Å²) in [6.07, 6.45) is 1.11. The molecule has 2 rings (SSSR count). The molecule has 6 heteroatoms. The molecule has 0 bridgehead atoms. The Labute approximate surface area is 156 Å². The number of nitrogens with one attached hydrogen (secondary N) is 1. The van der Waals surface area contributed by atoms with Crippen LogP contribution < -0.4 is 9.62 Å². The molecule has 0 fully saturated rings. The average molecular weight is 375 g/mol. The van der Waals surface area contributed by atoms with Crippen LogP contribution >= 0.6 is 0 Å². The Morgan fingerprint density at radius 1 is 0.923 bits per heavy atom. The molecule has 1 amide bonds. The summed E-state index contributed by atoms with van der Waals surface area (Å²) in [7, 11) is -3.61. The molecule has 2 aromatic carbocycles. The number of anilines is 1. The number of sulfonamides is 1. The molecule has 0 heterocycles. The van der Waals surface area contributed by atoms with Gasteiger partial charge < -0.3 is 5.32 Å². The van der Waals surface area contributed by atoms with Gasteiger partial charge in [-0.1, -0.05) is 47.5 Å². The van der Waals surface area contributed by atoms with E-state index >= 15 is 0 Å². The number of aryl methyl sites for hydroxylation is 2. The number of rotatable bonds is 6. The van der Waals surface area contributed by atoms with Crippen molar-refractivity contribution < 1.29 is 13.2 Å². The molecule has 0 aliphatic carbocycles. The van der Waals surface area contributed by atoms with Crippen LogP contribution in [-0.4, -0.2) is 26.6 Å². The van der Waals surface area contributed by atoms with Gasteiger partial charge in [-0.25, -0.2) is 8.42 Å². The molecule has 0 radical (unpaired) electrons. The van der Waals surface area contributed by atoms with Gasteiger partial charge in [0.2, 0.25) is 15.9 Å². The zero-order chi connectivity index (χ0) is 19.5. The normalized spacial score (nSPS) is 13.7. The zero-order valence-electron chi connectivity index (χ0n) is 15.9. The lowest BCUT2D eigenvalue weighted by atomic mass is 10.1. The fourth-order valence-electron chi connectivity index (χ4n) is 2.77. The van der Waals surface area contributed by atoms with Gasteiger partial charge >= 0.3 is 0 Å². The van der Waals surface area contributed by atoms with E-state index in [1.807, 2.05) is 57.2 Å². The van der Waals surface area contributed by atoms with Crippen molar-refractivity contribution in [1.29, 1.82) is 0 Å². The van der Waals surface area contributed by atoms with Crippen LogP contribution in [0, 0.1) is 13.8 Å². The largest absolute Gasteiger partial charge is 0.348 e. The molecule has 2 atom stereocenters. The first kappa shape index (κ1) is 20.0. The van der Waals surface area contributed by atoms with Crippen LogP contribution in [0.4, 0.5) is 5.69 Å². The highest BCUT2D eigenvalue weighted by molar-refractivity contribution is 7.92. The summed E-state index contributed by atoms with van der Waals surface area (Å²) in [4.78, 5) is 12.7. The third-order valence-corrected chi connectivity index (χ3v) is 5.55. The Hall–Kier alpha value is -2.34. The minimum Gasteiger partial charge on any atom is -0.348 e. The van der Waals surface area contributed by atoms with Gasteiger partial charge in [0.15, 0.2) is 0 Å². The lowest BCUT2D eigenvalue weighted by Crippen LogP contribution is -2.48. The quantitative estimate of drug-likeness (QED) is 0.843. The van der Waals surface area contributed by atoms with E-state index in [4.69, 9.17) is 0 Å². The summed E-state index contributed by atoms with van der Waals surface area (Å²) in [5.74, 6) is -0.343. The van der Waals surface area contributed by atoms with Gasteiger partial charge in [-0.15, -0.1) is 0 Å². The third-order valence-electron chi connectivity index (χ3n) is 4.31. The van der Waals surface area contributed by atoms with Crippen LogP contribution in [0.15, 0.2) is 48.5 Å². The summed E-state index contributed by atoms with van der Waals surface area (Å²) < 4.78 is 25.8. The lowest BCUT2D eigenvalue weighted by Gasteiger charge is -2.29. The first-order valence-electron chi connectivity index (χ1n) is 8.52. The number of hydrogen-bond acceptors (Lipinski definition) is 3. The van der Waals surface area contributed by atoms with E-state index in [0.717, 1.165) is 27.3 Å². The maximum Gasteiger partial charge on any atom is 0.244 e. The highest BCUT2D eigenvalue weighted by Crippen LogP contribution is 2.22. The molecule has 0 saturated heterocycles. The predicted molar refractivity (Wildman–Crippen MR) is 106 cm³/mol. The van der Waals surface area contributed by atoms with E-state index in [0.29, 0.717) is 5.69 Å². The number of carbonyl (C=O) groups is 1. The molecule has 0 saturated carbocycles. The van der Waals surface area contributed by atoms with Crippen molar-refractivity contribution in [3.8, 4) is 0 Å². The van der Waals surface area contributed by atoms with E-state index in [2.05, 4.69) is 5.32 Å². The Balaban J connectivity index is 2.22. The van der Waals surface area contributed by atoms with Crippen molar-refractivity contribution >= 4 is 21.6 Å². The van der Waals surface area contributed by atoms with Crippen molar-refractivity contribution in [3.05, 3.63) is 65.2 Å². The number of benzene rings is 2. The number of nitrogens with zero attached hydrogens (tertiary/aromatic N) is 1. The highest BCUT2D eigenvalue weighted by Gasteiger charge is 2.29. The molecule has 0 aliphatic rings. The van der Waals surface area contributed by atoms with Crippen molar-refractivity contribution in [1.82, 2.24) is 5.32 Å². The molecule has 0 aromatic heterocycles. The van der Waals surface area contributed by atoms with Crippen LogP contribution in [-0.2, 0) is 14.8 Å². The first-order chi connectivity index (χ1) is 12.1. The van der Waals surface area contributed by atoms with Gasteiger partial charge in [-0.05, 0) is 45.4 Å². The number of amides is 1.